The highest BCUT2D eigenvalue weighted by molar-refractivity contribution is 6.52. The van der Waals surface area contributed by atoms with Crippen molar-refractivity contribution in [1.82, 2.24) is 0 Å². The van der Waals surface area contributed by atoms with Crippen LogP contribution >= 0.6 is 0 Å². The first-order valence-electron chi connectivity index (χ1n) is 7.39. The Morgan fingerprint density at radius 2 is 1.64 bits per heavy atom. The normalized spacial score (nSPS) is 14.5. The number of benzene rings is 2. The average molecular weight is 293 g/mol. The van der Waals surface area contributed by atoms with Gasteiger partial charge in [0.25, 0.3) is 11.5 Å². The fourth-order valence-electron chi connectivity index (χ4n) is 2.66. The molecule has 0 aromatic heterocycles. The quantitative estimate of drug-likeness (QED) is 0.586. The lowest BCUT2D eigenvalue weighted by Gasteiger charge is -2.19. The summed E-state index contributed by atoms with van der Waals surface area (Å²) in [5, 5.41) is 12.5. The van der Waals surface area contributed by atoms with Crippen molar-refractivity contribution in [3.8, 4) is 0 Å². The van der Waals surface area contributed by atoms with Crippen molar-refractivity contribution in [3.63, 3.8) is 0 Å². The van der Waals surface area contributed by atoms with Crippen LogP contribution in [0.15, 0.2) is 42.5 Å². The Morgan fingerprint density at radius 1 is 1.00 bits per heavy atom. The molecule has 0 radical (unpaired) electrons. The number of rotatable bonds is 1. The number of fused-ring (bicyclic) bond motifs is 1. The highest BCUT2D eigenvalue weighted by Gasteiger charge is 2.37. The molecule has 3 rings (SSSR count). The van der Waals surface area contributed by atoms with E-state index >= 15 is 0 Å². The molecule has 0 N–H and O–H groups in total. The molecule has 112 valence electrons. The molecule has 2 aromatic rings. The van der Waals surface area contributed by atoms with Crippen LogP contribution in [0.3, 0.4) is 0 Å². The predicted molar refractivity (Wildman–Crippen MR) is 88.0 cm³/mol. The summed E-state index contributed by atoms with van der Waals surface area (Å²) >= 11 is 0. The van der Waals surface area contributed by atoms with E-state index in [-0.39, 0.29) is 16.9 Å². The van der Waals surface area contributed by atoms with Crippen LogP contribution in [0.25, 0.3) is 0 Å². The van der Waals surface area contributed by atoms with Gasteiger partial charge in [-0.25, -0.2) is 0 Å². The zero-order valence-electron chi connectivity index (χ0n) is 13.3. The number of Topliss-reactive ketones (excluding diaryl/α,β-unsaturated/α-hetero) is 1. The van der Waals surface area contributed by atoms with E-state index in [0.29, 0.717) is 16.8 Å². The van der Waals surface area contributed by atoms with Crippen LogP contribution in [0.4, 0.5) is 5.69 Å². The summed E-state index contributed by atoms with van der Waals surface area (Å²) in [6.45, 7) is 8.25. The van der Waals surface area contributed by atoms with Gasteiger partial charge >= 0.3 is 0 Å². The Balaban J connectivity index is 2.11. The van der Waals surface area contributed by atoms with Crippen molar-refractivity contribution < 1.29 is 9.53 Å². The third-order valence-electron chi connectivity index (χ3n) is 4.07. The van der Waals surface area contributed by atoms with Crippen molar-refractivity contribution in [1.29, 1.82) is 0 Å². The SMILES string of the molecule is Cc1ccc(C2=[N+]([O-])c3ccc(C(C)(C)C)cc3C2=O)cc1. The molecule has 0 aliphatic carbocycles. The first-order chi connectivity index (χ1) is 10.3. The van der Waals surface area contributed by atoms with E-state index in [0.717, 1.165) is 15.9 Å². The minimum Gasteiger partial charge on any atom is -0.618 e. The van der Waals surface area contributed by atoms with Crippen molar-refractivity contribution in [2.45, 2.75) is 33.1 Å². The maximum atomic E-state index is 12.7. The summed E-state index contributed by atoms with van der Waals surface area (Å²) in [4.78, 5) is 12.7. The van der Waals surface area contributed by atoms with E-state index in [1.165, 1.54) is 0 Å². The Kier molecular flexibility index (Phi) is 3.17. The molecule has 22 heavy (non-hydrogen) atoms. The molecule has 1 aliphatic rings. The summed E-state index contributed by atoms with van der Waals surface area (Å²) in [5.74, 6) is -0.194. The number of hydrogen-bond acceptors (Lipinski definition) is 2. The third kappa shape index (κ3) is 2.23. The van der Waals surface area contributed by atoms with Gasteiger partial charge in [-0.2, -0.15) is 4.74 Å². The molecule has 0 unspecified atom stereocenters. The van der Waals surface area contributed by atoms with Gasteiger partial charge in [-0.15, -0.1) is 0 Å². The lowest BCUT2D eigenvalue weighted by atomic mass is 9.85. The van der Waals surface area contributed by atoms with Gasteiger partial charge in [0.15, 0.2) is 0 Å². The van der Waals surface area contributed by atoms with Gasteiger partial charge in [-0.1, -0.05) is 44.5 Å². The highest BCUT2D eigenvalue weighted by atomic mass is 16.5. The second-order valence-corrected chi connectivity index (χ2v) is 6.82. The van der Waals surface area contributed by atoms with Crippen molar-refractivity contribution in [2.75, 3.05) is 0 Å². The van der Waals surface area contributed by atoms with E-state index in [4.69, 9.17) is 0 Å². The molecule has 0 saturated carbocycles. The molecule has 0 spiro atoms. The summed E-state index contributed by atoms with van der Waals surface area (Å²) in [6, 6.07) is 13.0. The van der Waals surface area contributed by atoms with Gasteiger partial charge in [-0.3, -0.25) is 4.79 Å². The second kappa shape index (κ2) is 4.80. The van der Waals surface area contributed by atoms with E-state index in [1.54, 1.807) is 6.07 Å². The summed E-state index contributed by atoms with van der Waals surface area (Å²) in [5.41, 5.74) is 3.90. The van der Waals surface area contributed by atoms with Crippen LogP contribution in [0.2, 0.25) is 0 Å². The zero-order chi connectivity index (χ0) is 16.1. The molecule has 1 heterocycles. The van der Waals surface area contributed by atoms with Crippen molar-refractivity contribution in [2.24, 2.45) is 0 Å². The first-order valence-corrected chi connectivity index (χ1v) is 7.39. The maximum Gasteiger partial charge on any atom is 0.272 e. The molecule has 0 atom stereocenters. The van der Waals surface area contributed by atoms with Crippen LogP contribution in [0.5, 0.6) is 0 Å². The second-order valence-electron chi connectivity index (χ2n) is 6.82. The molecule has 0 amide bonds. The van der Waals surface area contributed by atoms with E-state index in [9.17, 15) is 10.0 Å². The minimum absolute atomic E-state index is 0.0599. The predicted octanol–water partition coefficient (Wildman–Crippen LogP) is 4.12. The third-order valence-corrected chi connectivity index (χ3v) is 4.07. The Hall–Kier alpha value is -2.42. The van der Waals surface area contributed by atoms with E-state index < -0.39 is 0 Å². The molecule has 2 aromatic carbocycles. The van der Waals surface area contributed by atoms with Crippen molar-refractivity contribution in [3.05, 3.63) is 69.9 Å². The van der Waals surface area contributed by atoms with Crippen LogP contribution in [-0.2, 0) is 5.41 Å². The van der Waals surface area contributed by atoms with Gasteiger partial charge in [0.2, 0.25) is 5.69 Å². The monoisotopic (exact) mass is 293 g/mol. The molecule has 3 heteroatoms. The van der Waals surface area contributed by atoms with Crippen LogP contribution in [-0.4, -0.2) is 16.2 Å². The fraction of sp³-hybridized carbons (Fsp3) is 0.263. The fourth-order valence-corrected chi connectivity index (χ4v) is 2.66. The number of nitrogens with zero attached hydrogens (tertiary/aromatic N) is 1. The average Bonchev–Trinajstić information content (AvgIpc) is 2.71. The van der Waals surface area contributed by atoms with Crippen LogP contribution < -0.4 is 0 Å². The number of hydrogen-bond donors (Lipinski definition) is 0. The summed E-state index contributed by atoms with van der Waals surface area (Å²) in [6.07, 6.45) is 0. The first kappa shape index (κ1) is 14.5. The zero-order valence-corrected chi connectivity index (χ0v) is 13.3. The largest absolute Gasteiger partial charge is 0.618 e. The molecular weight excluding hydrogens is 274 g/mol. The standard InChI is InChI=1S/C19H19NO2/c1-12-5-7-13(8-6-12)17-18(21)15-11-14(19(2,3)4)9-10-16(15)20(17)22/h5-11H,1-4H3. The van der Waals surface area contributed by atoms with E-state index in [2.05, 4.69) is 20.8 Å². The Bertz CT molecular complexity index is 793. The van der Waals surface area contributed by atoms with Gasteiger partial charge in [0.1, 0.15) is 5.56 Å². The van der Waals surface area contributed by atoms with E-state index in [1.807, 2.05) is 43.3 Å². The number of aryl methyl sites for hydroxylation is 1. The summed E-state index contributed by atoms with van der Waals surface area (Å²) in [7, 11) is 0. The smallest absolute Gasteiger partial charge is 0.272 e. The molecular formula is C19H19NO2. The number of ketones is 1. The number of carbonyl (C=O) groups is 1. The topological polar surface area (TPSA) is 43.1 Å². The van der Waals surface area contributed by atoms with Crippen LogP contribution in [0, 0.1) is 12.1 Å². The maximum absolute atomic E-state index is 12.7. The minimum atomic E-state index is -0.194. The van der Waals surface area contributed by atoms with Gasteiger partial charge < -0.3 is 5.21 Å². The lowest BCUT2D eigenvalue weighted by Crippen LogP contribution is -2.17. The molecule has 0 bridgehead atoms. The Labute approximate surface area is 130 Å². The van der Waals surface area contributed by atoms with Gasteiger partial charge in [0.05, 0.1) is 5.56 Å². The van der Waals surface area contributed by atoms with Crippen LogP contribution in [0.1, 0.15) is 47.8 Å². The van der Waals surface area contributed by atoms with Gasteiger partial charge in [0, 0.05) is 6.07 Å². The summed E-state index contributed by atoms with van der Waals surface area (Å²) < 4.78 is 0.759. The molecule has 1 aliphatic heterocycles. The molecule has 0 saturated heterocycles. The highest BCUT2D eigenvalue weighted by Crippen LogP contribution is 2.32. The molecule has 0 fully saturated rings. The molecule has 3 nitrogen and oxygen atoms in total. The van der Waals surface area contributed by atoms with Crippen molar-refractivity contribution >= 4 is 17.2 Å². The number of carbonyl (C=O) groups excluding carboxylic acids is 1. The van der Waals surface area contributed by atoms with Gasteiger partial charge in [-0.05, 0) is 36.1 Å². The lowest BCUT2D eigenvalue weighted by molar-refractivity contribution is -0.355. The Morgan fingerprint density at radius 3 is 2.23 bits per heavy atom.